The Hall–Kier alpha value is -2.30. The molecule has 0 spiro atoms. The van der Waals surface area contributed by atoms with E-state index >= 15 is 0 Å². The quantitative estimate of drug-likeness (QED) is 0.375. The second kappa shape index (κ2) is 5.35. The molecule has 0 saturated carbocycles. The molecular weight excluding hydrogens is 230 g/mol. The maximum Gasteiger partial charge on any atom is 0.181 e. The molecular formula is C13H15N3O2. The lowest BCUT2D eigenvalue weighted by molar-refractivity contribution is 0.308. The van der Waals surface area contributed by atoms with Crippen molar-refractivity contribution in [2.75, 3.05) is 13.8 Å². The van der Waals surface area contributed by atoms with E-state index in [-0.39, 0.29) is 0 Å². The first-order valence-corrected chi connectivity index (χ1v) is 5.57. The van der Waals surface area contributed by atoms with Gasteiger partial charge in [0.05, 0.1) is 7.11 Å². The van der Waals surface area contributed by atoms with Gasteiger partial charge in [-0.25, -0.2) is 0 Å². The van der Waals surface area contributed by atoms with Crippen molar-refractivity contribution in [2.24, 2.45) is 10.1 Å². The van der Waals surface area contributed by atoms with Gasteiger partial charge in [0.15, 0.2) is 5.84 Å². The first-order chi connectivity index (χ1) is 8.76. The van der Waals surface area contributed by atoms with Gasteiger partial charge in [-0.3, -0.25) is 4.99 Å². The Kier molecular flexibility index (Phi) is 3.62. The van der Waals surface area contributed by atoms with Crippen molar-refractivity contribution >= 4 is 12.1 Å². The molecule has 0 fully saturated rings. The van der Waals surface area contributed by atoms with Crippen molar-refractivity contribution in [3.63, 3.8) is 0 Å². The molecule has 1 heterocycles. The van der Waals surface area contributed by atoms with Crippen LogP contribution in [0, 0.1) is 0 Å². The molecule has 0 atom stereocenters. The summed E-state index contributed by atoms with van der Waals surface area (Å²) in [7, 11) is 1.60. The first kappa shape index (κ1) is 12.2. The monoisotopic (exact) mass is 245 g/mol. The normalized spacial score (nSPS) is 15.6. The minimum Gasteiger partial charge on any atom is -0.497 e. The van der Waals surface area contributed by atoms with Gasteiger partial charge in [0, 0.05) is 17.5 Å². The summed E-state index contributed by atoms with van der Waals surface area (Å²) in [6.07, 6.45) is 3.61. The Morgan fingerprint density at radius 3 is 3.00 bits per heavy atom. The Bertz CT molecular complexity index is 521. The van der Waals surface area contributed by atoms with Crippen molar-refractivity contribution in [2.45, 2.75) is 6.92 Å². The third kappa shape index (κ3) is 2.34. The molecule has 5 nitrogen and oxygen atoms in total. The average molecular weight is 245 g/mol. The molecule has 5 heteroatoms. The summed E-state index contributed by atoms with van der Waals surface area (Å²) in [5.41, 5.74) is 1.75. The molecule has 94 valence electrons. The Labute approximate surface area is 106 Å². The standard InChI is InChI=1S/C13H15N3O2/c1-10-6-7-14-9-16(10)13(15-17)11-4-3-5-12(8-11)18-2/h3-8,17H,9H2,1-2H3/b15-13-. The van der Waals surface area contributed by atoms with E-state index in [9.17, 15) is 5.21 Å². The van der Waals surface area contributed by atoms with Crippen molar-refractivity contribution in [3.05, 3.63) is 41.6 Å². The highest BCUT2D eigenvalue weighted by molar-refractivity contribution is 6.00. The average Bonchev–Trinajstić information content (AvgIpc) is 2.42. The number of amidine groups is 1. The van der Waals surface area contributed by atoms with Crippen LogP contribution in [-0.4, -0.2) is 35.9 Å². The van der Waals surface area contributed by atoms with E-state index in [4.69, 9.17) is 4.74 Å². The summed E-state index contributed by atoms with van der Waals surface area (Å²) < 4.78 is 5.16. The van der Waals surface area contributed by atoms with Crippen molar-refractivity contribution in [1.82, 2.24) is 4.90 Å². The number of methoxy groups -OCH3 is 1. The van der Waals surface area contributed by atoms with Crippen molar-refractivity contribution in [1.29, 1.82) is 0 Å². The highest BCUT2D eigenvalue weighted by Gasteiger charge is 2.17. The highest BCUT2D eigenvalue weighted by Crippen LogP contribution is 2.18. The van der Waals surface area contributed by atoms with Gasteiger partial charge >= 0.3 is 0 Å². The van der Waals surface area contributed by atoms with Gasteiger partial charge in [0.1, 0.15) is 12.4 Å². The van der Waals surface area contributed by atoms with Gasteiger partial charge < -0.3 is 14.8 Å². The lowest BCUT2D eigenvalue weighted by atomic mass is 10.1. The van der Waals surface area contributed by atoms with E-state index in [1.807, 2.05) is 42.2 Å². The molecule has 2 rings (SSSR count). The molecule has 0 bridgehead atoms. The van der Waals surface area contributed by atoms with Gasteiger partial charge in [-0.15, -0.1) is 0 Å². The van der Waals surface area contributed by atoms with Gasteiger partial charge in [0.2, 0.25) is 0 Å². The first-order valence-electron chi connectivity index (χ1n) is 5.57. The third-order valence-electron chi connectivity index (χ3n) is 2.75. The van der Waals surface area contributed by atoms with Crippen LogP contribution in [0.4, 0.5) is 0 Å². The largest absolute Gasteiger partial charge is 0.497 e. The van der Waals surface area contributed by atoms with Crippen molar-refractivity contribution in [3.8, 4) is 5.75 Å². The number of hydrogen-bond acceptors (Lipinski definition) is 4. The molecule has 0 saturated heterocycles. The van der Waals surface area contributed by atoms with Crippen LogP contribution in [0.5, 0.6) is 5.75 Å². The number of hydrogen-bond donors (Lipinski definition) is 1. The summed E-state index contributed by atoms with van der Waals surface area (Å²) in [5.74, 6) is 1.18. The molecule has 1 N–H and O–H groups in total. The Morgan fingerprint density at radius 1 is 1.50 bits per heavy atom. The molecule has 1 aromatic carbocycles. The van der Waals surface area contributed by atoms with Gasteiger partial charge in [-0.1, -0.05) is 17.3 Å². The number of ether oxygens (including phenoxy) is 1. The maximum atomic E-state index is 9.24. The molecule has 1 aliphatic rings. The number of allylic oxidation sites excluding steroid dienone is 2. The number of aliphatic imine (C=N–C) groups is 1. The van der Waals surface area contributed by atoms with E-state index < -0.39 is 0 Å². The number of oxime groups is 1. The lowest BCUT2D eigenvalue weighted by Gasteiger charge is -2.25. The fourth-order valence-corrected chi connectivity index (χ4v) is 1.75. The molecule has 18 heavy (non-hydrogen) atoms. The summed E-state index contributed by atoms with van der Waals surface area (Å²) >= 11 is 0. The van der Waals surface area contributed by atoms with E-state index in [2.05, 4.69) is 10.1 Å². The van der Waals surface area contributed by atoms with E-state index in [1.165, 1.54) is 0 Å². The number of benzene rings is 1. The minimum absolute atomic E-state index is 0.443. The fraction of sp³-hybridized carbons (Fsp3) is 0.231. The molecule has 0 amide bonds. The van der Waals surface area contributed by atoms with E-state index in [0.29, 0.717) is 12.5 Å². The molecule has 0 radical (unpaired) electrons. The zero-order chi connectivity index (χ0) is 13.0. The topological polar surface area (TPSA) is 57.4 Å². The van der Waals surface area contributed by atoms with Crippen LogP contribution >= 0.6 is 0 Å². The van der Waals surface area contributed by atoms with Crippen LogP contribution < -0.4 is 4.74 Å². The smallest absolute Gasteiger partial charge is 0.181 e. The zero-order valence-corrected chi connectivity index (χ0v) is 10.4. The van der Waals surface area contributed by atoms with Crippen LogP contribution in [0.25, 0.3) is 0 Å². The zero-order valence-electron chi connectivity index (χ0n) is 10.4. The van der Waals surface area contributed by atoms with Crippen LogP contribution in [0.2, 0.25) is 0 Å². The summed E-state index contributed by atoms with van der Waals surface area (Å²) in [6, 6.07) is 7.38. The Balaban J connectivity index is 2.34. The van der Waals surface area contributed by atoms with Gasteiger partial charge in [-0.05, 0) is 25.1 Å². The second-order valence-electron chi connectivity index (χ2n) is 3.86. The summed E-state index contributed by atoms with van der Waals surface area (Å²) in [4.78, 5) is 5.98. The van der Waals surface area contributed by atoms with Crippen LogP contribution in [0.1, 0.15) is 12.5 Å². The van der Waals surface area contributed by atoms with E-state index in [1.54, 1.807) is 13.3 Å². The predicted octanol–water partition coefficient (Wildman–Crippen LogP) is 2.08. The summed E-state index contributed by atoms with van der Waals surface area (Å²) in [6.45, 7) is 2.38. The molecule has 0 aromatic heterocycles. The Morgan fingerprint density at radius 2 is 2.33 bits per heavy atom. The summed E-state index contributed by atoms with van der Waals surface area (Å²) in [5, 5.41) is 12.6. The fourth-order valence-electron chi connectivity index (χ4n) is 1.75. The minimum atomic E-state index is 0.443. The second-order valence-corrected chi connectivity index (χ2v) is 3.86. The molecule has 0 unspecified atom stereocenters. The van der Waals surface area contributed by atoms with Crippen molar-refractivity contribution < 1.29 is 9.94 Å². The van der Waals surface area contributed by atoms with Crippen LogP contribution in [0.15, 0.2) is 46.2 Å². The van der Waals surface area contributed by atoms with E-state index in [0.717, 1.165) is 17.0 Å². The molecule has 1 aliphatic heterocycles. The SMILES string of the molecule is COc1cccc(/C(=N/O)N2CN=CC=C2C)c1. The highest BCUT2D eigenvalue weighted by atomic mass is 16.5. The third-order valence-corrected chi connectivity index (χ3v) is 2.75. The molecule has 1 aromatic rings. The predicted molar refractivity (Wildman–Crippen MR) is 70.3 cm³/mol. The number of rotatable bonds is 2. The number of nitrogens with zero attached hydrogens (tertiary/aromatic N) is 3. The lowest BCUT2D eigenvalue weighted by Crippen LogP contribution is -2.32. The molecule has 0 aliphatic carbocycles. The maximum absolute atomic E-state index is 9.24. The van der Waals surface area contributed by atoms with Crippen LogP contribution in [0.3, 0.4) is 0 Å². The van der Waals surface area contributed by atoms with Gasteiger partial charge in [-0.2, -0.15) is 0 Å². The van der Waals surface area contributed by atoms with Crippen LogP contribution in [-0.2, 0) is 0 Å². The van der Waals surface area contributed by atoms with Gasteiger partial charge in [0.25, 0.3) is 0 Å².